The van der Waals surface area contributed by atoms with E-state index in [4.69, 9.17) is 9.72 Å². The third-order valence-corrected chi connectivity index (χ3v) is 6.22. The summed E-state index contributed by atoms with van der Waals surface area (Å²) in [6, 6.07) is 16.0. The summed E-state index contributed by atoms with van der Waals surface area (Å²) in [6.07, 6.45) is 1.70. The molecule has 1 fully saturated rings. The van der Waals surface area contributed by atoms with E-state index in [0.717, 1.165) is 55.6 Å². The summed E-state index contributed by atoms with van der Waals surface area (Å²) < 4.78 is 5.21. The lowest BCUT2D eigenvalue weighted by Gasteiger charge is -2.26. The fraction of sp³-hybridized carbons (Fsp3) is 0.370. The van der Waals surface area contributed by atoms with Gasteiger partial charge in [0.2, 0.25) is 0 Å². The predicted molar refractivity (Wildman–Crippen MR) is 131 cm³/mol. The second-order valence-corrected chi connectivity index (χ2v) is 8.68. The van der Waals surface area contributed by atoms with Crippen LogP contribution in [0.2, 0.25) is 0 Å². The fourth-order valence-electron chi connectivity index (χ4n) is 4.34. The van der Waals surface area contributed by atoms with Crippen LogP contribution in [0.5, 0.6) is 5.75 Å². The Bertz CT molecular complexity index is 1110. The molecule has 1 aliphatic heterocycles. The quantitative estimate of drug-likeness (QED) is 0.585. The van der Waals surface area contributed by atoms with Crippen LogP contribution in [0.3, 0.4) is 0 Å². The number of benzene rings is 2. The normalized spacial score (nSPS) is 14.2. The van der Waals surface area contributed by atoms with E-state index in [9.17, 15) is 4.79 Å². The van der Waals surface area contributed by atoms with Gasteiger partial charge in [-0.25, -0.2) is 9.97 Å². The Morgan fingerprint density at radius 2 is 1.64 bits per heavy atom. The smallest absolute Gasteiger partial charge is 0.253 e. The third kappa shape index (κ3) is 5.33. The molecule has 1 saturated heterocycles. The first-order valence-corrected chi connectivity index (χ1v) is 11.5. The number of aryl methyl sites for hydroxylation is 3. The van der Waals surface area contributed by atoms with Gasteiger partial charge in [-0.15, -0.1) is 0 Å². The minimum atomic E-state index is 0.0643. The second kappa shape index (κ2) is 10.0. The molecule has 2 heterocycles. The number of hydrogen-bond donors (Lipinski definition) is 0. The van der Waals surface area contributed by atoms with Crippen molar-refractivity contribution in [3.05, 3.63) is 82.3 Å². The van der Waals surface area contributed by atoms with Gasteiger partial charge in [0.25, 0.3) is 5.91 Å². The highest BCUT2D eigenvalue weighted by molar-refractivity contribution is 5.94. The number of amides is 1. The third-order valence-electron chi connectivity index (χ3n) is 6.22. The molecule has 0 saturated carbocycles. The highest BCUT2D eigenvalue weighted by atomic mass is 16.5. The van der Waals surface area contributed by atoms with Crippen molar-refractivity contribution in [1.29, 1.82) is 0 Å². The number of methoxy groups -OCH3 is 1. The van der Waals surface area contributed by atoms with Gasteiger partial charge < -0.3 is 14.5 Å². The van der Waals surface area contributed by atoms with Crippen LogP contribution in [0.25, 0.3) is 0 Å². The molecule has 0 unspecified atom stereocenters. The average Bonchev–Trinajstić information content (AvgIpc) is 3.08. The summed E-state index contributed by atoms with van der Waals surface area (Å²) in [5.74, 6) is 2.60. The minimum Gasteiger partial charge on any atom is -0.497 e. The van der Waals surface area contributed by atoms with Crippen LogP contribution >= 0.6 is 0 Å². The highest BCUT2D eigenvalue weighted by Crippen LogP contribution is 2.26. The van der Waals surface area contributed by atoms with Crippen LogP contribution < -0.4 is 9.64 Å². The Labute approximate surface area is 196 Å². The molecule has 33 heavy (non-hydrogen) atoms. The predicted octanol–water partition coefficient (Wildman–Crippen LogP) is 4.35. The van der Waals surface area contributed by atoms with Crippen molar-refractivity contribution in [2.24, 2.45) is 0 Å². The lowest BCUT2D eigenvalue weighted by molar-refractivity contribution is 0.0767. The summed E-state index contributed by atoms with van der Waals surface area (Å²) in [6.45, 7) is 9.13. The number of nitrogens with zero attached hydrogens (tertiary/aromatic N) is 4. The number of rotatable bonds is 5. The van der Waals surface area contributed by atoms with Gasteiger partial charge in [0.15, 0.2) is 0 Å². The Morgan fingerprint density at radius 3 is 2.33 bits per heavy atom. The van der Waals surface area contributed by atoms with Gasteiger partial charge in [0.05, 0.1) is 7.11 Å². The fourth-order valence-corrected chi connectivity index (χ4v) is 4.34. The number of hydrogen-bond acceptors (Lipinski definition) is 5. The van der Waals surface area contributed by atoms with Crippen molar-refractivity contribution < 1.29 is 9.53 Å². The summed E-state index contributed by atoms with van der Waals surface area (Å²) in [5.41, 5.74) is 5.39. The van der Waals surface area contributed by atoms with Crippen LogP contribution in [0.4, 0.5) is 5.82 Å². The maximum Gasteiger partial charge on any atom is 0.253 e. The maximum atomic E-state index is 13.1. The van der Waals surface area contributed by atoms with Crippen molar-refractivity contribution >= 4 is 11.7 Å². The zero-order chi connectivity index (χ0) is 23.4. The van der Waals surface area contributed by atoms with Crippen LogP contribution in [0.1, 0.15) is 45.0 Å². The van der Waals surface area contributed by atoms with Crippen LogP contribution in [0, 0.1) is 20.8 Å². The molecule has 0 atom stereocenters. The van der Waals surface area contributed by atoms with E-state index in [1.165, 1.54) is 16.7 Å². The van der Waals surface area contributed by atoms with E-state index in [1.807, 2.05) is 36.1 Å². The number of carbonyl (C=O) groups is 1. The van der Waals surface area contributed by atoms with Crippen LogP contribution in [-0.4, -0.2) is 54.1 Å². The van der Waals surface area contributed by atoms with Crippen molar-refractivity contribution in [1.82, 2.24) is 14.9 Å². The van der Waals surface area contributed by atoms with Crippen LogP contribution in [0.15, 0.2) is 48.5 Å². The Hall–Kier alpha value is -3.41. The Balaban J connectivity index is 1.53. The van der Waals surface area contributed by atoms with Gasteiger partial charge in [-0.1, -0.05) is 29.8 Å². The lowest BCUT2D eigenvalue weighted by atomic mass is 10.0. The molecule has 2 aromatic carbocycles. The van der Waals surface area contributed by atoms with Gasteiger partial charge >= 0.3 is 0 Å². The summed E-state index contributed by atoms with van der Waals surface area (Å²) in [7, 11) is 1.63. The van der Waals surface area contributed by atoms with E-state index in [2.05, 4.69) is 48.0 Å². The summed E-state index contributed by atoms with van der Waals surface area (Å²) in [4.78, 5) is 26.9. The van der Waals surface area contributed by atoms with Gasteiger partial charge in [0, 0.05) is 49.4 Å². The summed E-state index contributed by atoms with van der Waals surface area (Å²) in [5, 5.41) is 0. The van der Waals surface area contributed by atoms with E-state index in [1.54, 1.807) is 7.11 Å². The van der Waals surface area contributed by atoms with Crippen molar-refractivity contribution in [2.45, 2.75) is 33.6 Å². The van der Waals surface area contributed by atoms with Crippen LogP contribution in [-0.2, 0) is 6.42 Å². The van der Waals surface area contributed by atoms with Crippen molar-refractivity contribution in [2.75, 3.05) is 38.2 Å². The van der Waals surface area contributed by atoms with Crippen molar-refractivity contribution in [3.63, 3.8) is 0 Å². The molecule has 4 rings (SSSR count). The topological polar surface area (TPSA) is 58.6 Å². The standard InChI is InChI=1S/C27H32N4O2/c1-19-6-8-22(9-7-19)18-25-20(2)28-21(3)29-26(25)30-14-5-15-31(17-16-30)27(32)23-10-12-24(33-4)13-11-23/h6-13H,5,14-18H2,1-4H3. The molecule has 6 nitrogen and oxygen atoms in total. The van der Waals surface area contributed by atoms with Gasteiger partial charge in [0.1, 0.15) is 17.4 Å². The molecular formula is C27H32N4O2. The van der Waals surface area contributed by atoms with Gasteiger partial charge in [-0.2, -0.15) is 0 Å². The summed E-state index contributed by atoms with van der Waals surface area (Å²) >= 11 is 0. The first-order chi connectivity index (χ1) is 15.9. The monoisotopic (exact) mass is 444 g/mol. The average molecular weight is 445 g/mol. The molecule has 172 valence electrons. The Morgan fingerprint density at radius 1 is 0.909 bits per heavy atom. The molecule has 1 aliphatic rings. The number of carbonyl (C=O) groups excluding carboxylic acids is 1. The molecule has 0 N–H and O–H groups in total. The molecule has 0 aliphatic carbocycles. The first-order valence-electron chi connectivity index (χ1n) is 11.5. The van der Waals surface area contributed by atoms with E-state index < -0.39 is 0 Å². The molecule has 0 spiro atoms. The SMILES string of the molecule is COc1ccc(C(=O)N2CCCN(c3nc(C)nc(C)c3Cc3ccc(C)cc3)CC2)cc1. The lowest BCUT2D eigenvalue weighted by Crippen LogP contribution is -2.35. The molecule has 1 aromatic heterocycles. The van der Waals surface area contributed by atoms with E-state index in [0.29, 0.717) is 12.1 Å². The zero-order valence-corrected chi connectivity index (χ0v) is 20.0. The largest absolute Gasteiger partial charge is 0.497 e. The molecule has 0 radical (unpaired) electrons. The zero-order valence-electron chi connectivity index (χ0n) is 20.0. The molecule has 1 amide bonds. The first kappa shape index (κ1) is 22.8. The molecule has 0 bridgehead atoms. The molecular weight excluding hydrogens is 412 g/mol. The van der Waals surface area contributed by atoms with E-state index >= 15 is 0 Å². The van der Waals surface area contributed by atoms with E-state index in [-0.39, 0.29) is 5.91 Å². The maximum absolute atomic E-state index is 13.1. The molecule has 3 aromatic rings. The Kier molecular flexibility index (Phi) is 6.92. The number of ether oxygens (including phenoxy) is 1. The number of anilines is 1. The van der Waals surface area contributed by atoms with Gasteiger partial charge in [-0.3, -0.25) is 4.79 Å². The highest BCUT2D eigenvalue weighted by Gasteiger charge is 2.23. The van der Waals surface area contributed by atoms with Gasteiger partial charge in [-0.05, 0) is 57.0 Å². The molecule has 6 heteroatoms. The minimum absolute atomic E-state index is 0.0643. The van der Waals surface area contributed by atoms with Crippen molar-refractivity contribution in [3.8, 4) is 5.75 Å². The number of aromatic nitrogens is 2. The second-order valence-electron chi connectivity index (χ2n) is 8.68.